The maximum Gasteiger partial charge on any atom is 0.315 e. The summed E-state index contributed by atoms with van der Waals surface area (Å²) in [5.41, 5.74) is 1.28. The predicted molar refractivity (Wildman–Crippen MR) is 107 cm³/mol. The molecule has 2 N–H and O–H groups in total. The standard InChI is InChI=1S/C20H32ClN3O2/c1-16(2)15-26-13-3-10-22-20(25)23-19-8-11-24(12-9-19)14-17-4-6-18(21)7-5-17/h4-7,16,19H,3,8-15H2,1-2H3,(H2,22,23,25). The molecule has 0 spiro atoms. The van der Waals surface area contributed by atoms with Crippen LogP contribution >= 0.6 is 11.6 Å². The van der Waals surface area contributed by atoms with Gasteiger partial charge in [0.1, 0.15) is 0 Å². The molecule has 0 atom stereocenters. The highest BCUT2D eigenvalue weighted by Gasteiger charge is 2.20. The molecule has 5 nitrogen and oxygen atoms in total. The molecule has 1 heterocycles. The number of amides is 2. The van der Waals surface area contributed by atoms with Gasteiger partial charge in [0.05, 0.1) is 0 Å². The molecule has 146 valence electrons. The summed E-state index contributed by atoms with van der Waals surface area (Å²) in [6.45, 7) is 9.32. The normalized spacial score (nSPS) is 16.0. The van der Waals surface area contributed by atoms with Crippen molar-refractivity contribution in [2.45, 2.75) is 45.7 Å². The highest BCUT2D eigenvalue weighted by Crippen LogP contribution is 2.15. The van der Waals surface area contributed by atoms with Crippen LogP contribution in [0.2, 0.25) is 5.02 Å². The lowest BCUT2D eigenvalue weighted by Crippen LogP contribution is -2.47. The smallest absolute Gasteiger partial charge is 0.315 e. The lowest BCUT2D eigenvalue weighted by Gasteiger charge is -2.32. The third kappa shape index (κ3) is 8.39. The first kappa shape index (κ1) is 21.0. The van der Waals surface area contributed by atoms with Gasteiger partial charge >= 0.3 is 6.03 Å². The van der Waals surface area contributed by atoms with Gasteiger partial charge in [-0.25, -0.2) is 4.79 Å². The van der Waals surface area contributed by atoms with Crippen molar-refractivity contribution in [3.8, 4) is 0 Å². The number of ether oxygens (including phenoxy) is 1. The van der Waals surface area contributed by atoms with Crippen LogP contribution in [0, 0.1) is 5.92 Å². The second-order valence-electron chi connectivity index (χ2n) is 7.40. The van der Waals surface area contributed by atoms with Crippen LogP contribution in [-0.2, 0) is 11.3 Å². The SMILES string of the molecule is CC(C)COCCCNC(=O)NC1CCN(Cc2ccc(Cl)cc2)CC1. The Morgan fingerprint density at radius 1 is 1.27 bits per heavy atom. The number of carbonyl (C=O) groups is 1. The summed E-state index contributed by atoms with van der Waals surface area (Å²) in [7, 11) is 0. The van der Waals surface area contributed by atoms with E-state index >= 15 is 0 Å². The third-order valence-corrected chi connectivity index (χ3v) is 4.70. The fourth-order valence-electron chi connectivity index (χ4n) is 3.02. The Balaban J connectivity index is 1.55. The van der Waals surface area contributed by atoms with Crippen molar-refractivity contribution in [2.24, 2.45) is 5.92 Å². The fraction of sp³-hybridized carbons (Fsp3) is 0.650. The number of piperidine rings is 1. The maximum absolute atomic E-state index is 12.0. The van der Waals surface area contributed by atoms with E-state index in [0.717, 1.165) is 50.5 Å². The largest absolute Gasteiger partial charge is 0.381 e. The number of halogens is 1. The van der Waals surface area contributed by atoms with Crippen molar-refractivity contribution in [2.75, 3.05) is 32.8 Å². The van der Waals surface area contributed by atoms with Gasteiger partial charge in [-0.3, -0.25) is 4.90 Å². The van der Waals surface area contributed by atoms with Crippen LogP contribution in [0.1, 0.15) is 38.7 Å². The van der Waals surface area contributed by atoms with Crippen molar-refractivity contribution in [3.63, 3.8) is 0 Å². The van der Waals surface area contributed by atoms with Crippen LogP contribution in [0.5, 0.6) is 0 Å². The number of hydrogen-bond acceptors (Lipinski definition) is 3. The van der Waals surface area contributed by atoms with Crippen molar-refractivity contribution in [1.29, 1.82) is 0 Å². The summed E-state index contributed by atoms with van der Waals surface area (Å²) in [6, 6.07) is 8.21. The van der Waals surface area contributed by atoms with Gasteiger partial charge in [-0.15, -0.1) is 0 Å². The Kier molecular flexibility index (Phi) is 9.23. The molecule has 1 aromatic carbocycles. The zero-order valence-electron chi connectivity index (χ0n) is 16.0. The second kappa shape index (κ2) is 11.4. The summed E-state index contributed by atoms with van der Waals surface area (Å²) in [6.07, 6.45) is 2.82. The number of rotatable bonds is 9. The molecule has 6 heteroatoms. The first-order valence-electron chi connectivity index (χ1n) is 9.62. The van der Waals surface area contributed by atoms with Gasteiger partial charge in [0.25, 0.3) is 0 Å². The van der Waals surface area contributed by atoms with Crippen LogP contribution in [0.3, 0.4) is 0 Å². The number of nitrogens with one attached hydrogen (secondary N) is 2. The second-order valence-corrected chi connectivity index (χ2v) is 7.84. The molecular weight excluding hydrogens is 350 g/mol. The Hall–Kier alpha value is -1.30. The Labute approximate surface area is 162 Å². The van der Waals surface area contributed by atoms with E-state index in [1.54, 1.807) is 0 Å². The van der Waals surface area contributed by atoms with Gasteiger partial charge in [-0.1, -0.05) is 37.6 Å². The molecule has 2 rings (SSSR count). The molecule has 0 aromatic heterocycles. The molecule has 26 heavy (non-hydrogen) atoms. The van der Waals surface area contributed by atoms with Crippen molar-refractivity contribution >= 4 is 17.6 Å². The average Bonchev–Trinajstić information content (AvgIpc) is 2.61. The number of benzene rings is 1. The number of likely N-dealkylation sites (tertiary alicyclic amines) is 1. The summed E-state index contributed by atoms with van der Waals surface area (Å²) in [4.78, 5) is 14.4. The monoisotopic (exact) mass is 381 g/mol. The zero-order valence-corrected chi connectivity index (χ0v) is 16.7. The Morgan fingerprint density at radius 2 is 1.96 bits per heavy atom. The lowest BCUT2D eigenvalue weighted by molar-refractivity contribution is 0.108. The van der Waals surface area contributed by atoms with Crippen molar-refractivity contribution < 1.29 is 9.53 Å². The number of carbonyl (C=O) groups excluding carboxylic acids is 1. The molecule has 1 aromatic rings. The molecule has 1 fully saturated rings. The number of urea groups is 1. The first-order valence-corrected chi connectivity index (χ1v) is 9.99. The first-order chi connectivity index (χ1) is 12.5. The molecule has 0 saturated carbocycles. The molecule has 0 unspecified atom stereocenters. The van der Waals surface area contributed by atoms with Crippen molar-refractivity contribution in [1.82, 2.24) is 15.5 Å². The van der Waals surface area contributed by atoms with E-state index in [4.69, 9.17) is 16.3 Å². The average molecular weight is 382 g/mol. The van der Waals surface area contributed by atoms with E-state index in [-0.39, 0.29) is 12.1 Å². The Bertz CT molecular complexity index is 528. The van der Waals surface area contributed by atoms with Crippen molar-refractivity contribution in [3.05, 3.63) is 34.9 Å². The minimum atomic E-state index is -0.0648. The summed E-state index contributed by atoms with van der Waals surface area (Å²) in [5.74, 6) is 0.553. The van der Waals surface area contributed by atoms with Crippen LogP contribution in [-0.4, -0.2) is 49.8 Å². The van der Waals surface area contributed by atoms with E-state index in [1.807, 2.05) is 12.1 Å². The van der Waals surface area contributed by atoms with E-state index < -0.39 is 0 Å². The van der Waals surface area contributed by atoms with E-state index in [9.17, 15) is 4.79 Å². The van der Waals surface area contributed by atoms with Gasteiger partial charge < -0.3 is 15.4 Å². The van der Waals surface area contributed by atoms with Gasteiger partial charge in [0.2, 0.25) is 0 Å². The van der Waals surface area contributed by atoms with Crippen LogP contribution < -0.4 is 10.6 Å². The molecule has 2 amide bonds. The third-order valence-electron chi connectivity index (χ3n) is 4.44. The maximum atomic E-state index is 12.0. The van der Waals surface area contributed by atoms with E-state index in [1.165, 1.54) is 5.56 Å². The van der Waals surface area contributed by atoms with Gasteiger partial charge in [0, 0.05) is 50.5 Å². The quantitative estimate of drug-likeness (QED) is 0.642. The van der Waals surface area contributed by atoms with Crippen LogP contribution in [0.25, 0.3) is 0 Å². The van der Waals surface area contributed by atoms with E-state index in [0.29, 0.717) is 19.1 Å². The number of nitrogens with zero attached hydrogens (tertiary/aromatic N) is 1. The van der Waals surface area contributed by atoms with Gasteiger partial charge in [-0.05, 0) is 42.9 Å². The molecule has 1 aliphatic rings. The molecule has 0 radical (unpaired) electrons. The summed E-state index contributed by atoms with van der Waals surface area (Å²) < 4.78 is 5.51. The molecule has 1 saturated heterocycles. The number of hydrogen-bond donors (Lipinski definition) is 2. The molecular formula is C20H32ClN3O2. The van der Waals surface area contributed by atoms with E-state index in [2.05, 4.69) is 41.5 Å². The van der Waals surface area contributed by atoms with Crippen LogP contribution in [0.15, 0.2) is 24.3 Å². The zero-order chi connectivity index (χ0) is 18.8. The van der Waals surface area contributed by atoms with Gasteiger partial charge in [0.15, 0.2) is 0 Å². The molecule has 0 aliphatic carbocycles. The molecule has 1 aliphatic heterocycles. The minimum absolute atomic E-state index is 0.0648. The Morgan fingerprint density at radius 3 is 2.62 bits per heavy atom. The highest BCUT2D eigenvalue weighted by atomic mass is 35.5. The lowest BCUT2D eigenvalue weighted by atomic mass is 10.0. The minimum Gasteiger partial charge on any atom is -0.381 e. The molecule has 0 bridgehead atoms. The predicted octanol–water partition coefficient (Wildman–Crippen LogP) is 3.67. The summed E-state index contributed by atoms with van der Waals surface area (Å²) in [5, 5.41) is 6.78. The summed E-state index contributed by atoms with van der Waals surface area (Å²) >= 11 is 5.93. The topological polar surface area (TPSA) is 53.6 Å². The van der Waals surface area contributed by atoms with Gasteiger partial charge in [-0.2, -0.15) is 0 Å². The van der Waals surface area contributed by atoms with Crippen LogP contribution in [0.4, 0.5) is 4.79 Å². The fourth-order valence-corrected chi connectivity index (χ4v) is 3.14. The highest BCUT2D eigenvalue weighted by molar-refractivity contribution is 6.30.